The van der Waals surface area contributed by atoms with Gasteiger partial charge in [-0.25, -0.2) is 4.79 Å². The molecule has 80 valence electrons. The first kappa shape index (κ1) is 11.5. The standard InChI is InChI=1S/C12H14O3/c1-3-11(14-2)9-15-12(13)10-7-5-4-6-8-10/h3-8,11H,1,9H2,2H3. The van der Waals surface area contributed by atoms with Crippen molar-refractivity contribution in [3.8, 4) is 0 Å². The molecular formula is C12H14O3. The Hall–Kier alpha value is -1.61. The van der Waals surface area contributed by atoms with Crippen LogP contribution < -0.4 is 0 Å². The van der Waals surface area contributed by atoms with Crippen molar-refractivity contribution >= 4 is 5.97 Å². The summed E-state index contributed by atoms with van der Waals surface area (Å²) in [5.74, 6) is -0.348. The summed E-state index contributed by atoms with van der Waals surface area (Å²) in [6, 6.07) is 8.84. The van der Waals surface area contributed by atoms with Crippen LogP contribution in [0.3, 0.4) is 0 Å². The number of hydrogen-bond acceptors (Lipinski definition) is 3. The van der Waals surface area contributed by atoms with E-state index < -0.39 is 0 Å². The fraction of sp³-hybridized carbons (Fsp3) is 0.250. The highest BCUT2D eigenvalue weighted by Gasteiger charge is 2.09. The minimum Gasteiger partial charge on any atom is -0.459 e. The highest BCUT2D eigenvalue weighted by Crippen LogP contribution is 2.02. The van der Waals surface area contributed by atoms with Crippen molar-refractivity contribution in [1.29, 1.82) is 0 Å². The van der Waals surface area contributed by atoms with Gasteiger partial charge in [-0.05, 0) is 12.1 Å². The molecular weight excluding hydrogens is 192 g/mol. The van der Waals surface area contributed by atoms with Crippen molar-refractivity contribution < 1.29 is 14.3 Å². The number of carbonyl (C=O) groups excluding carboxylic acids is 1. The lowest BCUT2D eigenvalue weighted by atomic mass is 10.2. The Morgan fingerprint density at radius 2 is 2.13 bits per heavy atom. The van der Waals surface area contributed by atoms with E-state index in [0.717, 1.165) is 0 Å². The topological polar surface area (TPSA) is 35.5 Å². The van der Waals surface area contributed by atoms with Gasteiger partial charge in [-0.1, -0.05) is 24.3 Å². The highest BCUT2D eigenvalue weighted by atomic mass is 16.6. The van der Waals surface area contributed by atoms with Crippen LogP contribution in [0.2, 0.25) is 0 Å². The number of rotatable bonds is 5. The van der Waals surface area contributed by atoms with E-state index in [9.17, 15) is 4.79 Å². The maximum atomic E-state index is 11.5. The van der Waals surface area contributed by atoms with Gasteiger partial charge in [0, 0.05) is 7.11 Å². The number of benzene rings is 1. The Labute approximate surface area is 89.3 Å². The molecule has 0 heterocycles. The molecule has 0 amide bonds. The van der Waals surface area contributed by atoms with E-state index in [-0.39, 0.29) is 18.7 Å². The molecule has 15 heavy (non-hydrogen) atoms. The normalized spacial score (nSPS) is 11.8. The quantitative estimate of drug-likeness (QED) is 0.546. The van der Waals surface area contributed by atoms with Crippen molar-refractivity contribution in [3.05, 3.63) is 48.6 Å². The largest absolute Gasteiger partial charge is 0.459 e. The van der Waals surface area contributed by atoms with Crippen molar-refractivity contribution in [2.45, 2.75) is 6.10 Å². The minimum atomic E-state index is -0.348. The van der Waals surface area contributed by atoms with Gasteiger partial charge in [-0.15, -0.1) is 6.58 Å². The van der Waals surface area contributed by atoms with E-state index in [2.05, 4.69) is 6.58 Å². The molecule has 1 aromatic carbocycles. The second-order valence-corrected chi connectivity index (χ2v) is 2.97. The van der Waals surface area contributed by atoms with Crippen molar-refractivity contribution in [1.82, 2.24) is 0 Å². The predicted molar refractivity (Wildman–Crippen MR) is 57.7 cm³/mol. The molecule has 0 aliphatic heterocycles. The second kappa shape index (κ2) is 5.98. The molecule has 1 rings (SSSR count). The molecule has 0 saturated heterocycles. The summed E-state index contributed by atoms with van der Waals surface area (Å²) in [5.41, 5.74) is 0.538. The average molecular weight is 206 g/mol. The lowest BCUT2D eigenvalue weighted by Gasteiger charge is -2.10. The number of methoxy groups -OCH3 is 1. The fourth-order valence-electron chi connectivity index (χ4n) is 1.05. The van der Waals surface area contributed by atoms with Crippen molar-refractivity contribution in [2.75, 3.05) is 13.7 Å². The molecule has 3 nitrogen and oxygen atoms in total. The second-order valence-electron chi connectivity index (χ2n) is 2.97. The maximum Gasteiger partial charge on any atom is 0.338 e. The van der Waals surface area contributed by atoms with Crippen LogP contribution >= 0.6 is 0 Å². The molecule has 0 aromatic heterocycles. The minimum absolute atomic E-state index is 0.188. The summed E-state index contributed by atoms with van der Waals surface area (Å²) in [5, 5.41) is 0. The van der Waals surface area contributed by atoms with Crippen molar-refractivity contribution in [3.63, 3.8) is 0 Å². The van der Waals surface area contributed by atoms with Crippen LogP contribution in [0.4, 0.5) is 0 Å². The predicted octanol–water partition coefficient (Wildman–Crippen LogP) is 2.04. The molecule has 0 fully saturated rings. The summed E-state index contributed by atoms with van der Waals surface area (Å²) in [6.45, 7) is 3.75. The Balaban J connectivity index is 2.46. The zero-order chi connectivity index (χ0) is 11.1. The SMILES string of the molecule is C=CC(COC(=O)c1ccccc1)OC. The van der Waals surface area contributed by atoms with Crippen LogP contribution in [0.5, 0.6) is 0 Å². The van der Waals surface area contributed by atoms with E-state index in [1.807, 2.05) is 6.07 Å². The van der Waals surface area contributed by atoms with Gasteiger partial charge in [-0.3, -0.25) is 0 Å². The summed E-state index contributed by atoms with van der Waals surface area (Å²) in [4.78, 5) is 11.5. The van der Waals surface area contributed by atoms with Gasteiger partial charge in [0.25, 0.3) is 0 Å². The number of esters is 1. The van der Waals surface area contributed by atoms with Gasteiger partial charge in [0.2, 0.25) is 0 Å². The molecule has 0 aliphatic rings. The van der Waals surface area contributed by atoms with Gasteiger partial charge in [0.1, 0.15) is 12.7 Å². The van der Waals surface area contributed by atoms with Crippen LogP contribution in [-0.2, 0) is 9.47 Å². The maximum absolute atomic E-state index is 11.5. The third-order valence-corrected chi connectivity index (χ3v) is 1.95. The lowest BCUT2D eigenvalue weighted by Crippen LogP contribution is -2.18. The number of hydrogen-bond donors (Lipinski definition) is 0. The van der Waals surface area contributed by atoms with Crippen molar-refractivity contribution in [2.24, 2.45) is 0 Å². The molecule has 0 bridgehead atoms. The molecule has 0 N–H and O–H groups in total. The first-order chi connectivity index (χ1) is 7.27. The summed E-state index contributed by atoms with van der Waals surface area (Å²) in [6.07, 6.45) is 1.34. The van der Waals surface area contributed by atoms with Crippen LogP contribution in [0.1, 0.15) is 10.4 Å². The zero-order valence-electron chi connectivity index (χ0n) is 8.68. The van der Waals surface area contributed by atoms with Crippen LogP contribution in [0, 0.1) is 0 Å². The van der Waals surface area contributed by atoms with E-state index in [1.165, 1.54) is 0 Å². The Morgan fingerprint density at radius 3 is 2.67 bits per heavy atom. The smallest absolute Gasteiger partial charge is 0.338 e. The lowest BCUT2D eigenvalue weighted by molar-refractivity contribution is 0.0247. The zero-order valence-corrected chi connectivity index (χ0v) is 8.68. The molecule has 0 radical (unpaired) electrons. The summed E-state index contributed by atoms with van der Waals surface area (Å²) < 4.78 is 10.0. The van der Waals surface area contributed by atoms with E-state index >= 15 is 0 Å². The monoisotopic (exact) mass is 206 g/mol. The average Bonchev–Trinajstić information content (AvgIpc) is 2.31. The van der Waals surface area contributed by atoms with Gasteiger partial charge in [0.05, 0.1) is 5.56 Å². The molecule has 0 aliphatic carbocycles. The molecule has 1 atom stereocenters. The van der Waals surface area contributed by atoms with Gasteiger partial charge in [-0.2, -0.15) is 0 Å². The van der Waals surface area contributed by atoms with Gasteiger partial charge in [0.15, 0.2) is 0 Å². The van der Waals surface area contributed by atoms with E-state index in [4.69, 9.17) is 9.47 Å². The van der Waals surface area contributed by atoms with Gasteiger partial charge >= 0.3 is 5.97 Å². The number of ether oxygens (including phenoxy) is 2. The number of carbonyl (C=O) groups is 1. The van der Waals surface area contributed by atoms with E-state index in [1.54, 1.807) is 37.5 Å². The highest BCUT2D eigenvalue weighted by molar-refractivity contribution is 5.89. The van der Waals surface area contributed by atoms with Gasteiger partial charge < -0.3 is 9.47 Å². The molecule has 0 spiro atoms. The third-order valence-electron chi connectivity index (χ3n) is 1.95. The van der Waals surface area contributed by atoms with E-state index in [0.29, 0.717) is 5.56 Å². The fourth-order valence-corrected chi connectivity index (χ4v) is 1.05. The molecule has 3 heteroatoms. The Bertz CT molecular complexity index is 319. The Kier molecular flexibility index (Phi) is 4.57. The van der Waals surface area contributed by atoms with Crippen LogP contribution in [-0.4, -0.2) is 25.8 Å². The summed E-state index contributed by atoms with van der Waals surface area (Å²) in [7, 11) is 1.54. The van der Waals surface area contributed by atoms with Crippen LogP contribution in [0.15, 0.2) is 43.0 Å². The van der Waals surface area contributed by atoms with Crippen LogP contribution in [0.25, 0.3) is 0 Å². The molecule has 1 aromatic rings. The first-order valence-corrected chi connectivity index (χ1v) is 4.65. The third kappa shape index (κ3) is 3.56. The molecule has 0 saturated carbocycles. The first-order valence-electron chi connectivity index (χ1n) is 4.65. The molecule has 1 unspecified atom stereocenters. The Morgan fingerprint density at radius 1 is 1.47 bits per heavy atom. The summed E-state index contributed by atoms with van der Waals surface area (Å²) >= 11 is 0.